The second-order valence-corrected chi connectivity index (χ2v) is 4.79. The number of aryl methyl sites for hydroxylation is 2. The summed E-state index contributed by atoms with van der Waals surface area (Å²) < 4.78 is 0. The zero-order chi connectivity index (χ0) is 15.2. The summed E-state index contributed by atoms with van der Waals surface area (Å²) in [6, 6.07) is 6.18. The molecule has 0 bridgehead atoms. The lowest BCUT2D eigenvalue weighted by Gasteiger charge is -2.11. The van der Waals surface area contributed by atoms with Gasteiger partial charge in [-0.2, -0.15) is 15.0 Å². The largest absolute Gasteiger partial charge is 0.354 e. The maximum atomic E-state index is 4.37. The highest BCUT2D eigenvalue weighted by Crippen LogP contribution is 2.18. The molecule has 2 rings (SSSR count). The van der Waals surface area contributed by atoms with Crippen LogP contribution in [0, 0.1) is 13.8 Å². The summed E-state index contributed by atoms with van der Waals surface area (Å²) in [5, 5.41) is 9.45. The van der Waals surface area contributed by atoms with Crippen LogP contribution in [0.5, 0.6) is 0 Å². The van der Waals surface area contributed by atoms with Crippen molar-refractivity contribution in [3.8, 4) is 0 Å². The second-order valence-electron chi connectivity index (χ2n) is 4.79. The molecule has 0 aliphatic heterocycles. The number of hydrogen-bond donors (Lipinski definition) is 3. The van der Waals surface area contributed by atoms with Gasteiger partial charge in [-0.1, -0.05) is 6.07 Å². The average Bonchev–Trinajstić information content (AvgIpc) is 2.43. The van der Waals surface area contributed by atoms with Gasteiger partial charge < -0.3 is 16.0 Å². The zero-order valence-corrected chi connectivity index (χ0v) is 13.0. The van der Waals surface area contributed by atoms with E-state index in [9.17, 15) is 0 Å². The Morgan fingerprint density at radius 2 is 1.38 bits per heavy atom. The molecule has 0 saturated heterocycles. The number of rotatable bonds is 6. The van der Waals surface area contributed by atoms with Crippen LogP contribution in [0.15, 0.2) is 18.2 Å². The molecule has 0 aliphatic rings. The Morgan fingerprint density at radius 1 is 0.810 bits per heavy atom. The molecule has 0 spiro atoms. The molecule has 0 aliphatic carbocycles. The number of anilines is 4. The SMILES string of the molecule is CCNc1nc(NCC)nc(Nc2ccc(C)c(C)c2)n1. The van der Waals surface area contributed by atoms with E-state index in [0.29, 0.717) is 17.8 Å². The molecule has 1 heterocycles. The van der Waals surface area contributed by atoms with Crippen molar-refractivity contribution in [2.45, 2.75) is 27.7 Å². The van der Waals surface area contributed by atoms with Gasteiger partial charge in [-0.3, -0.25) is 0 Å². The van der Waals surface area contributed by atoms with Crippen molar-refractivity contribution in [1.82, 2.24) is 15.0 Å². The first kappa shape index (κ1) is 15.0. The van der Waals surface area contributed by atoms with E-state index < -0.39 is 0 Å². The predicted octanol–water partition coefficient (Wildman–Crippen LogP) is 3.10. The van der Waals surface area contributed by atoms with E-state index in [2.05, 4.69) is 56.9 Å². The van der Waals surface area contributed by atoms with E-state index in [1.165, 1.54) is 11.1 Å². The third-order valence-electron chi connectivity index (χ3n) is 3.07. The first-order valence-corrected chi connectivity index (χ1v) is 7.20. The highest BCUT2D eigenvalue weighted by molar-refractivity contribution is 5.57. The molecule has 0 radical (unpaired) electrons. The molecule has 0 fully saturated rings. The van der Waals surface area contributed by atoms with Gasteiger partial charge in [-0.05, 0) is 51.0 Å². The van der Waals surface area contributed by atoms with Crippen LogP contribution in [0.3, 0.4) is 0 Å². The standard InChI is InChI=1S/C15H22N6/c1-5-16-13-19-14(17-6-2)21-15(20-13)18-12-8-7-10(3)11(4)9-12/h7-9H,5-6H2,1-4H3,(H3,16,17,18,19,20,21). The Hall–Kier alpha value is -2.37. The van der Waals surface area contributed by atoms with E-state index in [0.717, 1.165) is 18.8 Å². The van der Waals surface area contributed by atoms with Crippen molar-refractivity contribution in [2.24, 2.45) is 0 Å². The van der Waals surface area contributed by atoms with Crippen molar-refractivity contribution in [2.75, 3.05) is 29.0 Å². The van der Waals surface area contributed by atoms with Gasteiger partial charge in [0.2, 0.25) is 17.8 Å². The van der Waals surface area contributed by atoms with E-state index in [1.54, 1.807) is 0 Å². The quantitative estimate of drug-likeness (QED) is 0.757. The van der Waals surface area contributed by atoms with Crippen LogP contribution in [0.25, 0.3) is 0 Å². The Bertz CT molecular complexity index is 587. The van der Waals surface area contributed by atoms with Crippen LogP contribution in [-0.2, 0) is 0 Å². The molecule has 21 heavy (non-hydrogen) atoms. The van der Waals surface area contributed by atoms with Crippen LogP contribution >= 0.6 is 0 Å². The number of nitrogens with zero attached hydrogens (tertiary/aromatic N) is 3. The summed E-state index contributed by atoms with van der Waals surface area (Å²) in [5.41, 5.74) is 3.46. The van der Waals surface area contributed by atoms with Crippen LogP contribution < -0.4 is 16.0 Å². The van der Waals surface area contributed by atoms with Crippen LogP contribution in [0.4, 0.5) is 23.5 Å². The van der Waals surface area contributed by atoms with Crippen molar-refractivity contribution in [1.29, 1.82) is 0 Å². The van der Waals surface area contributed by atoms with Crippen LogP contribution in [0.1, 0.15) is 25.0 Å². The van der Waals surface area contributed by atoms with Gasteiger partial charge in [0.1, 0.15) is 0 Å². The minimum absolute atomic E-state index is 0.528. The fourth-order valence-electron chi connectivity index (χ4n) is 1.85. The lowest BCUT2D eigenvalue weighted by molar-refractivity contribution is 1.00. The van der Waals surface area contributed by atoms with Gasteiger partial charge >= 0.3 is 0 Å². The molecule has 6 heteroatoms. The summed E-state index contributed by atoms with van der Waals surface area (Å²) in [4.78, 5) is 13.0. The highest BCUT2D eigenvalue weighted by atomic mass is 15.3. The van der Waals surface area contributed by atoms with Crippen molar-refractivity contribution < 1.29 is 0 Å². The van der Waals surface area contributed by atoms with Crippen molar-refractivity contribution >= 4 is 23.5 Å². The third kappa shape index (κ3) is 4.05. The first-order chi connectivity index (χ1) is 10.1. The summed E-state index contributed by atoms with van der Waals surface area (Å²) in [6.45, 7) is 9.72. The Kier molecular flexibility index (Phi) is 4.92. The van der Waals surface area contributed by atoms with Crippen LogP contribution in [-0.4, -0.2) is 28.0 Å². The molecule has 0 amide bonds. The lowest BCUT2D eigenvalue weighted by Crippen LogP contribution is -2.10. The van der Waals surface area contributed by atoms with Gasteiger partial charge in [-0.25, -0.2) is 0 Å². The van der Waals surface area contributed by atoms with E-state index in [1.807, 2.05) is 19.9 Å². The van der Waals surface area contributed by atoms with Gasteiger partial charge in [0.25, 0.3) is 0 Å². The predicted molar refractivity (Wildman–Crippen MR) is 87.4 cm³/mol. The Labute approximate surface area is 125 Å². The first-order valence-electron chi connectivity index (χ1n) is 7.20. The second kappa shape index (κ2) is 6.88. The Balaban J connectivity index is 2.26. The van der Waals surface area contributed by atoms with Crippen molar-refractivity contribution in [3.05, 3.63) is 29.3 Å². The molecule has 1 aromatic heterocycles. The van der Waals surface area contributed by atoms with Gasteiger partial charge in [0.05, 0.1) is 0 Å². The number of benzene rings is 1. The molecule has 0 unspecified atom stereocenters. The summed E-state index contributed by atoms with van der Waals surface area (Å²) in [7, 11) is 0. The molecule has 6 nitrogen and oxygen atoms in total. The molecule has 112 valence electrons. The lowest BCUT2D eigenvalue weighted by atomic mass is 10.1. The average molecular weight is 286 g/mol. The number of aromatic nitrogens is 3. The summed E-state index contributed by atoms with van der Waals surface area (Å²) in [5.74, 6) is 1.66. The van der Waals surface area contributed by atoms with Gasteiger partial charge in [-0.15, -0.1) is 0 Å². The van der Waals surface area contributed by atoms with Gasteiger partial charge in [0, 0.05) is 18.8 Å². The minimum Gasteiger partial charge on any atom is -0.354 e. The highest BCUT2D eigenvalue weighted by Gasteiger charge is 2.06. The molecular weight excluding hydrogens is 264 g/mol. The minimum atomic E-state index is 0.528. The maximum absolute atomic E-state index is 4.37. The normalized spacial score (nSPS) is 10.3. The molecular formula is C15H22N6. The molecule has 0 atom stereocenters. The fourth-order valence-corrected chi connectivity index (χ4v) is 1.85. The third-order valence-corrected chi connectivity index (χ3v) is 3.07. The monoisotopic (exact) mass is 286 g/mol. The smallest absolute Gasteiger partial charge is 0.233 e. The van der Waals surface area contributed by atoms with Gasteiger partial charge in [0.15, 0.2) is 0 Å². The summed E-state index contributed by atoms with van der Waals surface area (Å²) >= 11 is 0. The van der Waals surface area contributed by atoms with E-state index in [-0.39, 0.29) is 0 Å². The number of nitrogens with one attached hydrogen (secondary N) is 3. The van der Waals surface area contributed by atoms with E-state index >= 15 is 0 Å². The molecule has 2 aromatic rings. The van der Waals surface area contributed by atoms with Crippen LogP contribution in [0.2, 0.25) is 0 Å². The molecule has 0 saturated carbocycles. The number of hydrogen-bond acceptors (Lipinski definition) is 6. The molecule has 1 aromatic carbocycles. The summed E-state index contributed by atoms with van der Waals surface area (Å²) in [6.07, 6.45) is 0. The van der Waals surface area contributed by atoms with E-state index in [4.69, 9.17) is 0 Å². The fraction of sp³-hybridized carbons (Fsp3) is 0.400. The molecule has 3 N–H and O–H groups in total. The topological polar surface area (TPSA) is 74.8 Å². The Morgan fingerprint density at radius 3 is 1.90 bits per heavy atom. The maximum Gasteiger partial charge on any atom is 0.233 e. The zero-order valence-electron chi connectivity index (χ0n) is 13.0. The van der Waals surface area contributed by atoms with Crippen molar-refractivity contribution in [3.63, 3.8) is 0 Å².